The Morgan fingerprint density at radius 1 is 1.45 bits per heavy atom. The van der Waals surface area contributed by atoms with E-state index in [1.54, 1.807) is 13.2 Å². The Morgan fingerprint density at radius 3 is 2.91 bits per heavy atom. The van der Waals surface area contributed by atoms with Crippen molar-refractivity contribution in [3.05, 3.63) is 12.7 Å². The molecule has 0 aromatic heterocycles. The van der Waals surface area contributed by atoms with E-state index in [9.17, 15) is 4.79 Å². The van der Waals surface area contributed by atoms with Crippen LogP contribution in [0.5, 0.6) is 0 Å². The number of ketones is 1. The fraction of sp³-hybridized carbons (Fsp3) is 0.812. The van der Waals surface area contributed by atoms with Gasteiger partial charge in [-0.1, -0.05) is 13.0 Å². The van der Waals surface area contributed by atoms with Crippen molar-refractivity contribution in [1.29, 1.82) is 0 Å². The molecule has 0 aromatic rings. The molecule has 0 aromatic carbocycles. The highest BCUT2D eigenvalue weighted by atomic mass is 16.7. The van der Waals surface area contributed by atoms with E-state index in [0.29, 0.717) is 6.61 Å². The summed E-state index contributed by atoms with van der Waals surface area (Å²) < 4.78 is 27.0. The summed E-state index contributed by atoms with van der Waals surface area (Å²) in [6.45, 7) is 6.62. The van der Waals surface area contributed by atoms with Crippen LogP contribution in [0, 0.1) is 5.92 Å². The van der Waals surface area contributed by atoms with Crippen LogP contribution in [0.15, 0.2) is 12.7 Å². The van der Waals surface area contributed by atoms with Crippen LogP contribution in [0.25, 0.3) is 0 Å². The van der Waals surface area contributed by atoms with Gasteiger partial charge in [0, 0.05) is 19.6 Å². The van der Waals surface area contributed by atoms with Crippen LogP contribution in [0.3, 0.4) is 0 Å². The SMILES string of the molecule is C=C[C@H](C)[C@H](OCOC)[C@@H]1O[C@H]1C(=O)CO[C@H]1CCCCO1. The first-order chi connectivity index (χ1) is 10.7. The maximum Gasteiger partial charge on any atom is 0.190 e. The predicted molar refractivity (Wildman–Crippen MR) is 79.3 cm³/mol. The van der Waals surface area contributed by atoms with Gasteiger partial charge in [-0.3, -0.25) is 4.79 Å². The lowest BCUT2D eigenvalue weighted by molar-refractivity contribution is -0.169. The lowest BCUT2D eigenvalue weighted by Gasteiger charge is -2.22. The molecule has 0 radical (unpaired) electrons. The lowest BCUT2D eigenvalue weighted by atomic mass is 9.99. The van der Waals surface area contributed by atoms with Crippen LogP contribution >= 0.6 is 0 Å². The quantitative estimate of drug-likeness (QED) is 0.347. The Kier molecular flexibility index (Phi) is 6.98. The highest BCUT2D eigenvalue weighted by molar-refractivity contribution is 5.87. The fourth-order valence-electron chi connectivity index (χ4n) is 2.56. The fourth-order valence-corrected chi connectivity index (χ4v) is 2.56. The minimum atomic E-state index is -0.465. The monoisotopic (exact) mass is 314 g/mol. The summed E-state index contributed by atoms with van der Waals surface area (Å²) in [5.41, 5.74) is 0. The van der Waals surface area contributed by atoms with Crippen LogP contribution in [0.1, 0.15) is 26.2 Å². The molecule has 6 nitrogen and oxygen atoms in total. The molecule has 0 unspecified atom stereocenters. The molecule has 0 N–H and O–H groups in total. The molecule has 2 aliphatic rings. The van der Waals surface area contributed by atoms with Crippen molar-refractivity contribution in [3.63, 3.8) is 0 Å². The molecule has 2 heterocycles. The number of rotatable bonds is 10. The topological polar surface area (TPSA) is 66.5 Å². The number of hydrogen-bond acceptors (Lipinski definition) is 6. The van der Waals surface area contributed by atoms with Crippen molar-refractivity contribution >= 4 is 5.78 Å². The molecule has 126 valence electrons. The van der Waals surface area contributed by atoms with Crippen LogP contribution in [0.4, 0.5) is 0 Å². The van der Waals surface area contributed by atoms with Crippen molar-refractivity contribution in [1.82, 2.24) is 0 Å². The summed E-state index contributed by atoms with van der Waals surface area (Å²) in [4.78, 5) is 12.1. The Morgan fingerprint density at radius 2 is 2.27 bits per heavy atom. The van der Waals surface area contributed by atoms with Gasteiger partial charge in [0.1, 0.15) is 25.6 Å². The number of Topliss-reactive ketones (excluding diaryl/α,β-unsaturated/α-hetero) is 1. The molecule has 0 aliphatic carbocycles. The molecule has 2 fully saturated rings. The van der Waals surface area contributed by atoms with E-state index < -0.39 is 6.10 Å². The molecular formula is C16H26O6. The molecule has 22 heavy (non-hydrogen) atoms. The van der Waals surface area contributed by atoms with E-state index >= 15 is 0 Å². The van der Waals surface area contributed by atoms with E-state index in [1.165, 1.54) is 0 Å². The molecule has 0 spiro atoms. The third-order valence-electron chi connectivity index (χ3n) is 3.98. The zero-order valence-corrected chi connectivity index (χ0v) is 13.4. The Balaban J connectivity index is 1.75. The van der Waals surface area contributed by atoms with Gasteiger partial charge in [0.05, 0.1) is 6.10 Å². The minimum absolute atomic E-state index is 0.0191. The van der Waals surface area contributed by atoms with Crippen LogP contribution < -0.4 is 0 Å². The van der Waals surface area contributed by atoms with Gasteiger partial charge in [-0.25, -0.2) is 0 Å². The zero-order chi connectivity index (χ0) is 15.9. The van der Waals surface area contributed by atoms with Crippen molar-refractivity contribution < 1.29 is 28.5 Å². The maximum absolute atomic E-state index is 12.1. The van der Waals surface area contributed by atoms with Crippen molar-refractivity contribution in [2.24, 2.45) is 5.92 Å². The normalized spacial score (nSPS) is 30.5. The largest absolute Gasteiger partial charge is 0.359 e. The highest BCUT2D eigenvalue weighted by Crippen LogP contribution is 2.32. The average molecular weight is 314 g/mol. The van der Waals surface area contributed by atoms with E-state index in [2.05, 4.69) is 6.58 Å². The Bertz CT molecular complexity index is 366. The molecule has 0 saturated carbocycles. The molecule has 2 aliphatic heterocycles. The third kappa shape index (κ3) is 4.86. The van der Waals surface area contributed by atoms with Gasteiger partial charge in [0.2, 0.25) is 0 Å². The van der Waals surface area contributed by atoms with Gasteiger partial charge >= 0.3 is 0 Å². The molecule has 0 amide bonds. The lowest BCUT2D eigenvalue weighted by Crippen LogP contribution is -2.32. The van der Waals surface area contributed by atoms with Crippen LogP contribution in [-0.2, 0) is 28.5 Å². The summed E-state index contributed by atoms with van der Waals surface area (Å²) in [5, 5.41) is 0. The van der Waals surface area contributed by atoms with Gasteiger partial charge < -0.3 is 23.7 Å². The third-order valence-corrected chi connectivity index (χ3v) is 3.98. The predicted octanol–water partition coefficient (Wildman–Crippen LogP) is 1.68. The second-order valence-corrected chi connectivity index (χ2v) is 5.73. The van der Waals surface area contributed by atoms with E-state index in [4.69, 9.17) is 23.7 Å². The van der Waals surface area contributed by atoms with Gasteiger partial charge in [0.15, 0.2) is 12.1 Å². The average Bonchev–Trinajstić information content (AvgIpc) is 3.34. The van der Waals surface area contributed by atoms with Gasteiger partial charge in [-0.15, -0.1) is 6.58 Å². The number of carbonyl (C=O) groups excluding carboxylic acids is 1. The Hall–Kier alpha value is -0.790. The molecule has 0 bridgehead atoms. The summed E-state index contributed by atoms with van der Waals surface area (Å²) in [5.74, 6) is 0.00185. The second kappa shape index (κ2) is 8.74. The molecule has 6 heteroatoms. The number of carbonyl (C=O) groups is 1. The smallest absolute Gasteiger partial charge is 0.190 e. The van der Waals surface area contributed by atoms with Crippen LogP contribution in [-0.4, -0.2) is 57.5 Å². The maximum atomic E-state index is 12.1. The zero-order valence-electron chi connectivity index (χ0n) is 13.4. The summed E-state index contributed by atoms with van der Waals surface area (Å²) in [7, 11) is 1.56. The van der Waals surface area contributed by atoms with Crippen molar-refractivity contribution in [3.8, 4) is 0 Å². The number of methoxy groups -OCH3 is 1. The van der Waals surface area contributed by atoms with Gasteiger partial charge in [-0.05, 0) is 19.3 Å². The van der Waals surface area contributed by atoms with Crippen molar-refractivity contribution in [2.75, 3.05) is 27.1 Å². The van der Waals surface area contributed by atoms with Crippen LogP contribution in [0.2, 0.25) is 0 Å². The molecule has 2 saturated heterocycles. The van der Waals surface area contributed by atoms with Gasteiger partial charge in [-0.2, -0.15) is 0 Å². The standard InChI is InChI=1S/C16H26O6/c1-4-11(2)14(21-10-18-3)16-15(22-16)12(17)9-20-13-7-5-6-8-19-13/h4,11,13-16H,1,5-10H2,2-3H3/t11-,13-,14-,15-,16-/m0/s1. The number of hydrogen-bond donors (Lipinski definition) is 0. The van der Waals surface area contributed by atoms with Crippen molar-refractivity contribution in [2.45, 2.75) is 50.8 Å². The minimum Gasteiger partial charge on any atom is -0.359 e. The van der Waals surface area contributed by atoms with E-state index in [-0.39, 0.29) is 43.6 Å². The molecular weight excluding hydrogens is 288 g/mol. The van der Waals surface area contributed by atoms with Gasteiger partial charge in [0.25, 0.3) is 0 Å². The number of epoxide rings is 1. The number of ether oxygens (including phenoxy) is 5. The summed E-state index contributed by atoms with van der Waals surface area (Å²) >= 11 is 0. The first-order valence-electron chi connectivity index (χ1n) is 7.81. The van der Waals surface area contributed by atoms with E-state index in [0.717, 1.165) is 19.3 Å². The molecule has 5 atom stereocenters. The molecule has 2 rings (SSSR count). The summed E-state index contributed by atoms with van der Waals surface area (Å²) in [6.07, 6.45) is 3.54. The first kappa shape index (κ1) is 17.6. The highest BCUT2D eigenvalue weighted by Gasteiger charge is 2.51. The summed E-state index contributed by atoms with van der Waals surface area (Å²) in [6, 6.07) is 0. The van der Waals surface area contributed by atoms with E-state index in [1.807, 2.05) is 6.92 Å². The Labute approximate surface area is 131 Å². The first-order valence-corrected chi connectivity index (χ1v) is 7.81. The second-order valence-electron chi connectivity index (χ2n) is 5.73.